The highest BCUT2D eigenvalue weighted by Gasteiger charge is 2.27. The fraction of sp³-hybridized carbons (Fsp3) is 0.538. The molecule has 1 aromatic carbocycles. The molecule has 1 saturated heterocycles. The van der Waals surface area contributed by atoms with E-state index < -0.39 is 0 Å². The van der Waals surface area contributed by atoms with Crippen LogP contribution in [0.2, 0.25) is 0 Å². The first-order valence-electron chi connectivity index (χ1n) is 6.05. The number of nitrogens with two attached hydrogens (primary N) is 1. The molecular formula is C13H20BrClN2O2. The first-order valence-corrected chi connectivity index (χ1v) is 6.84. The molecule has 1 fully saturated rings. The summed E-state index contributed by atoms with van der Waals surface area (Å²) >= 11 is 3.42. The number of likely N-dealkylation sites (tertiary alicyclic amines) is 1. The van der Waals surface area contributed by atoms with E-state index in [1.165, 1.54) is 0 Å². The van der Waals surface area contributed by atoms with Crippen molar-refractivity contribution in [3.05, 3.63) is 22.2 Å². The molecule has 2 atom stereocenters. The third kappa shape index (κ3) is 3.54. The number of aromatic hydroxyl groups is 1. The zero-order valence-corrected chi connectivity index (χ0v) is 13.5. The van der Waals surface area contributed by atoms with Gasteiger partial charge in [0, 0.05) is 25.7 Å². The predicted octanol–water partition coefficient (Wildman–Crippen LogP) is 2.36. The van der Waals surface area contributed by atoms with E-state index >= 15 is 0 Å². The highest BCUT2D eigenvalue weighted by molar-refractivity contribution is 9.10. The summed E-state index contributed by atoms with van der Waals surface area (Å²) in [6, 6.07) is 4.00. The Labute approximate surface area is 128 Å². The number of halogens is 2. The molecule has 1 aromatic rings. The number of hydrogen-bond donors (Lipinski definition) is 2. The molecule has 0 bridgehead atoms. The van der Waals surface area contributed by atoms with Crippen LogP contribution in [0.15, 0.2) is 16.6 Å². The summed E-state index contributed by atoms with van der Waals surface area (Å²) in [6.07, 6.45) is 0. The van der Waals surface area contributed by atoms with Crippen LogP contribution in [0.4, 0.5) is 0 Å². The molecule has 1 aliphatic rings. The van der Waals surface area contributed by atoms with Gasteiger partial charge in [-0.25, -0.2) is 0 Å². The van der Waals surface area contributed by atoms with Gasteiger partial charge in [-0.3, -0.25) is 4.90 Å². The Hall–Kier alpha value is -0.490. The van der Waals surface area contributed by atoms with Crippen LogP contribution in [-0.2, 0) is 6.54 Å². The minimum atomic E-state index is 0. The van der Waals surface area contributed by atoms with Crippen LogP contribution in [0.25, 0.3) is 0 Å². The van der Waals surface area contributed by atoms with E-state index in [9.17, 15) is 5.11 Å². The van der Waals surface area contributed by atoms with E-state index in [2.05, 4.69) is 27.8 Å². The third-order valence-electron chi connectivity index (χ3n) is 3.52. The molecule has 2 unspecified atom stereocenters. The number of phenols is 1. The number of hydrogen-bond acceptors (Lipinski definition) is 4. The third-order valence-corrected chi connectivity index (χ3v) is 4.40. The monoisotopic (exact) mass is 350 g/mol. The van der Waals surface area contributed by atoms with Gasteiger partial charge in [-0.2, -0.15) is 0 Å². The van der Waals surface area contributed by atoms with E-state index in [-0.39, 0.29) is 24.2 Å². The van der Waals surface area contributed by atoms with E-state index in [0.29, 0.717) is 16.1 Å². The Morgan fingerprint density at radius 3 is 2.68 bits per heavy atom. The molecule has 0 aromatic heterocycles. The summed E-state index contributed by atoms with van der Waals surface area (Å²) < 4.78 is 5.77. The van der Waals surface area contributed by atoms with Gasteiger partial charge in [0.2, 0.25) is 0 Å². The second kappa shape index (κ2) is 6.79. The SMILES string of the molecule is COc1ccc(CN2CC(C)C(N)C2)c(Br)c1O.Cl. The number of phenolic OH excluding ortho intramolecular Hbond substituents is 1. The zero-order valence-electron chi connectivity index (χ0n) is 11.1. The van der Waals surface area contributed by atoms with E-state index in [4.69, 9.17) is 10.5 Å². The Balaban J connectivity index is 0.00000180. The lowest BCUT2D eigenvalue weighted by atomic mass is 10.1. The lowest BCUT2D eigenvalue weighted by Crippen LogP contribution is -2.28. The number of rotatable bonds is 3. The molecule has 1 aliphatic heterocycles. The lowest BCUT2D eigenvalue weighted by Gasteiger charge is -2.17. The van der Waals surface area contributed by atoms with Crippen LogP contribution in [0, 0.1) is 5.92 Å². The van der Waals surface area contributed by atoms with Crippen LogP contribution < -0.4 is 10.5 Å². The normalized spacial score (nSPS) is 23.2. The van der Waals surface area contributed by atoms with Crippen molar-refractivity contribution in [1.82, 2.24) is 4.90 Å². The van der Waals surface area contributed by atoms with Crippen LogP contribution >= 0.6 is 28.3 Å². The molecule has 0 spiro atoms. The van der Waals surface area contributed by atoms with Gasteiger partial charge < -0.3 is 15.6 Å². The predicted molar refractivity (Wildman–Crippen MR) is 82.0 cm³/mol. The molecule has 0 aliphatic carbocycles. The minimum Gasteiger partial charge on any atom is -0.503 e. The first kappa shape index (κ1) is 16.6. The zero-order chi connectivity index (χ0) is 13.3. The van der Waals surface area contributed by atoms with Crippen molar-refractivity contribution in [2.24, 2.45) is 11.7 Å². The Morgan fingerprint density at radius 1 is 1.47 bits per heavy atom. The molecule has 6 heteroatoms. The number of ether oxygens (including phenoxy) is 1. The summed E-state index contributed by atoms with van der Waals surface area (Å²) in [7, 11) is 1.54. The van der Waals surface area contributed by atoms with E-state index in [1.54, 1.807) is 13.2 Å². The number of benzene rings is 1. The van der Waals surface area contributed by atoms with Crippen LogP contribution in [0.3, 0.4) is 0 Å². The van der Waals surface area contributed by atoms with Crippen molar-refractivity contribution in [2.75, 3.05) is 20.2 Å². The van der Waals surface area contributed by atoms with Gasteiger partial charge in [0.25, 0.3) is 0 Å². The largest absolute Gasteiger partial charge is 0.503 e. The van der Waals surface area contributed by atoms with E-state index in [1.807, 2.05) is 6.07 Å². The molecule has 0 amide bonds. The van der Waals surface area contributed by atoms with Gasteiger partial charge >= 0.3 is 0 Å². The van der Waals surface area contributed by atoms with Crippen molar-refractivity contribution in [3.63, 3.8) is 0 Å². The maximum absolute atomic E-state index is 9.94. The van der Waals surface area contributed by atoms with Gasteiger partial charge in [-0.15, -0.1) is 12.4 Å². The maximum atomic E-state index is 9.94. The average Bonchev–Trinajstić information content (AvgIpc) is 2.65. The van der Waals surface area contributed by atoms with Crippen LogP contribution in [0.1, 0.15) is 12.5 Å². The average molecular weight is 352 g/mol. The summed E-state index contributed by atoms with van der Waals surface area (Å²) in [6.45, 7) is 4.86. The minimum absolute atomic E-state index is 0. The van der Waals surface area contributed by atoms with Crippen molar-refractivity contribution in [2.45, 2.75) is 19.5 Å². The van der Waals surface area contributed by atoms with Gasteiger partial charge in [-0.1, -0.05) is 13.0 Å². The summed E-state index contributed by atoms with van der Waals surface area (Å²) in [5, 5.41) is 9.94. The Kier molecular flexibility index (Phi) is 5.92. The van der Waals surface area contributed by atoms with Gasteiger partial charge in [0.1, 0.15) is 0 Å². The van der Waals surface area contributed by atoms with Crippen molar-refractivity contribution in [3.8, 4) is 11.5 Å². The van der Waals surface area contributed by atoms with Crippen molar-refractivity contribution < 1.29 is 9.84 Å². The summed E-state index contributed by atoms with van der Waals surface area (Å²) in [5.41, 5.74) is 7.06. The second-order valence-electron chi connectivity index (χ2n) is 4.92. The summed E-state index contributed by atoms with van der Waals surface area (Å²) in [5.74, 6) is 1.17. The molecule has 19 heavy (non-hydrogen) atoms. The molecule has 3 N–H and O–H groups in total. The van der Waals surface area contributed by atoms with Gasteiger partial charge in [0.15, 0.2) is 11.5 Å². The van der Waals surface area contributed by atoms with Gasteiger partial charge in [-0.05, 0) is 33.5 Å². The first-order chi connectivity index (χ1) is 8.52. The number of methoxy groups -OCH3 is 1. The smallest absolute Gasteiger partial charge is 0.172 e. The quantitative estimate of drug-likeness (QED) is 0.878. The Bertz CT molecular complexity index is 435. The molecule has 4 nitrogen and oxygen atoms in total. The Morgan fingerprint density at radius 2 is 2.16 bits per heavy atom. The second-order valence-corrected chi connectivity index (χ2v) is 5.72. The van der Waals surface area contributed by atoms with Gasteiger partial charge in [0.05, 0.1) is 11.6 Å². The summed E-state index contributed by atoms with van der Waals surface area (Å²) in [4.78, 5) is 2.31. The molecule has 2 rings (SSSR count). The number of nitrogens with zero attached hydrogens (tertiary/aromatic N) is 1. The molecule has 0 saturated carbocycles. The standard InChI is InChI=1S/C13H19BrN2O2.ClH/c1-8-5-16(7-10(8)15)6-9-3-4-11(18-2)13(17)12(9)14;/h3-4,8,10,17H,5-7,15H2,1-2H3;1H. The van der Waals surface area contributed by atoms with Crippen molar-refractivity contribution in [1.29, 1.82) is 0 Å². The fourth-order valence-electron chi connectivity index (χ4n) is 2.34. The molecule has 108 valence electrons. The molecule has 1 heterocycles. The fourth-order valence-corrected chi connectivity index (χ4v) is 2.79. The highest BCUT2D eigenvalue weighted by atomic mass is 79.9. The lowest BCUT2D eigenvalue weighted by molar-refractivity contribution is 0.316. The molecule has 0 radical (unpaired) electrons. The topological polar surface area (TPSA) is 58.7 Å². The van der Waals surface area contributed by atoms with E-state index in [0.717, 1.165) is 25.2 Å². The molecular weight excluding hydrogens is 332 g/mol. The van der Waals surface area contributed by atoms with Crippen molar-refractivity contribution >= 4 is 28.3 Å². The van der Waals surface area contributed by atoms with Crippen LogP contribution in [0.5, 0.6) is 11.5 Å². The highest BCUT2D eigenvalue weighted by Crippen LogP contribution is 2.37. The maximum Gasteiger partial charge on any atom is 0.172 e. The van der Waals surface area contributed by atoms with Crippen LogP contribution in [-0.4, -0.2) is 36.2 Å².